The fraction of sp³-hybridized carbons (Fsp3) is 0.263. The number of oxime groups is 1. The topological polar surface area (TPSA) is 66.3 Å². The van der Waals surface area contributed by atoms with Gasteiger partial charge in [0.05, 0.1) is 26.0 Å². The lowest BCUT2D eigenvalue weighted by Gasteiger charge is -2.11. The second-order valence-electron chi connectivity index (χ2n) is 5.23. The Morgan fingerprint density at radius 3 is 2.24 bits per heavy atom. The molecule has 0 aliphatic heterocycles. The quantitative estimate of drug-likeness (QED) is 0.333. The van der Waals surface area contributed by atoms with Crippen LogP contribution in [0, 0.1) is 6.92 Å². The Bertz CT molecular complexity index is 748. The normalized spacial score (nSPS) is 10.6. The first-order valence-electron chi connectivity index (χ1n) is 7.70. The van der Waals surface area contributed by atoms with Crippen LogP contribution in [0.2, 0.25) is 0 Å². The summed E-state index contributed by atoms with van der Waals surface area (Å²) < 4.78 is 15.8. The average Bonchev–Trinajstić information content (AvgIpc) is 2.59. The number of nitrogens with zero attached hydrogens (tertiary/aromatic N) is 1. The molecule has 0 spiro atoms. The Morgan fingerprint density at radius 1 is 1.04 bits per heavy atom. The van der Waals surface area contributed by atoms with Crippen LogP contribution in [0.5, 0.6) is 17.2 Å². The van der Waals surface area contributed by atoms with Crippen LogP contribution in [0.15, 0.2) is 41.6 Å². The predicted molar refractivity (Wildman–Crippen MR) is 94.4 cm³/mol. The Kier molecular flexibility index (Phi) is 6.39. The number of carbonyl (C=O) groups is 1. The molecule has 0 bridgehead atoms. The lowest BCUT2D eigenvalue weighted by atomic mass is 10.1. The highest BCUT2D eigenvalue weighted by molar-refractivity contribution is 5.87. The van der Waals surface area contributed by atoms with Crippen LogP contribution in [-0.4, -0.2) is 26.4 Å². The maximum atomic E-state index is 11.2. The van der Waals surface area contributed by atoms with E-state index >= 15 is 0 Å². The van der Waals surface area contributed by atoms with Crippen LogP contribution < -0.4 is 14.2 Å². The van der Waals surface area contributed by atoms with Crippen molar-refractivity contribution >= 4 is 12.2 Å². The zero-order valence-electron chi connectivity index (χ0n) is 14.7. The van der Waals surface area contributed by atoms with Gasteiger partial charge < -0.3 is 19.0 Å². The van der Waals surface area contributed by atoms with Gasteiger partial charge in [-0.1, -0.05) is 23.4 Å². The van der Waals surface area contributed by atoms with E-state index in [1.165, 1.54) is 13.1 Å². The van der Waals surface area contributed by atoms with E-state index in [0.717, 1.165) is 11.1 Å². The Labute approximate surface area is 147 Å². The molecule has 0 radical (unpaired) electrons. The smallest absolute Gasteiger partial charge is 0.308 e. The summed E-state index contributed by atoms with van der Waals surface area (Å²) in [6, 6.07) is 10.9. The van der Waals surface area contributed by atoms with Crippen LogP contribution in [0.4, 0.5) is 0 Å². The highest BCUT2D eigenvalue weighted by atomic mass is 16.6. The first-order chi connectivity index (χ1) is 12.1. The molecule has 0 N–H and O–H groups in total. The fourth-order valence-electron chi connectivity index (χ4n) is 2.31. The van der Waals surface area contributed by atoms with Gasteiger partial charge in [0, 0.05) is 12.5 Å². The predicted octanol–water partition coefficient (Wildman–Crippen LogP) is 3.49. The molecule has 0 saturated heterocycles. The molecule has 2 aromatic rings. The number of aryl methyl sites for hydroxylation is 1. The van der Waals surface area contributed by atoms with Crippen LogP contribution in [0.25, 0.3) is 0 Å². The number of benzene rings is 2. The minimum absolute atomic E-state index is 0.170. The third-order valence-electron chi connectivity index (χ3n) is 3.55. The number of methoxy groups -OCH3 is 2. The summed E-state index contributed by atoms with van der Waals surface area (Å²) in [5.74, 6) is 1.35. The maximum absolute atomic E-state index is 11.2. The largest absolute Gasteiger partial charge is 0.496 e. The summed E-state index contributed by atoms with van der Waals surface area (Å²) in [6.07, 6.45) is 1.53. The van der Waals surface area contributed by atoms with Gasteiger partial charge in [-0.3, -0.25) is 4.79 Å². The van der Waals surface area contributed by atoms with E-state index in [1.54, 1.807) is 20.3 Å². The van der Waals surface area contributed by atoms with E-state index in [1.807, 2.05) is 37.3 Å². The summed E-state index contributed by atoms with van der Waals surface area (Å²) in [5.41, 5.74) is 2.39. The van der Waals surface area contributed by atoms with Gasteiger partial charge in [0.15, 0.2) is 0 Å². The molecule has 0 fully saturated rings. The summed E-state index contributed by atoms with van der Waals surface area (Å²) in [7, 11) is 3.15. The van der Waals surface area contributed by atoms with Crippen molar-refractivity contribution in [2.75, 3.05) is 14.2 Å². The van der Waals surface area contributed by atoms with Crippen LogP contribution >= 0.6 is 0 Å². The maximum Gasteiger partial charge on any atom is 0.308 e. The lowest BCUT2D eigenvalue weighted by molar-refractivity contribution is -0.132. The second kappa shape index (κ2) is 8.73. The van der Waals surface area contributed by atoms with Gasteiger partial charge in [0.25, 0.3) is 0 Å². The highest BCUT2D eigenvalue weighted by Crippen LogP contribution is 2.27. The van der Waals surface area contributed by atoms with Crippen molar-refractivity contribution in [3.63, 3.8) is 0 Å². The summed E-state index contributed by atoms with van der Waals surface area (Å²) >= 11 is 0. The molecule has 2 rings (SSSR count). The second-order valence-corrected chi connectivity index (χ2v) is 5.23. The van der Waals surface area contributed by atoms with Gasteiger partial charge in [0.2, 0.25) is 0 Å². The molecular formula is C19H21NO5. The molecular weight excluding hydrogens is 322 g/mol. The third-order valence-corrected chi connectivity index (χ3v) is 3.55. The fourth-order valence-corrected chi connectivity index (χ4v) is 2.31. The zero-order chi connectivity index (χ0) is 18.2. The van der Waals surface area contributed by atoms with Crippen LogP contribution in [0.1, 0.15) is 23.6 Å². The molecule has 0 amide bonds. The molecule has 0 aliphatic carbocycles. The van der Waals surface area contributed by atoms with Crippen molar-refractivity contribution in [1.82, 2.24) is 0 Å². The SMILES string of the molecule is COc1cccc(OC)c1/C=N/OCc1c(C)cccc1OC(C)=O. The number of esters is 1. The van der Waals surface area contributed by atoms with Gasteiger partial charge in [-0.25, -0.2) is 0 Å². The molecule has 0 atom stereocenters. The van der Waals surface area contributed by atoms with E-state index in [0.29, 0.717) is 22.8 Å². The van der Waals surface area contributed by atoms with Gasteiger partial charge in [-0.05, 0) is 30.7 Å². The van der Waals surface area contributed by atoms with E-state index in [4.69, 9.17) is 19.0 Å². The van der Waals surface area contributed by atoms with Crippen LogP contribution in [0.3, 0.4) is 0 Å². The monoisotopic (exact) mass is 343 g/mol. The molecule has 0 aliphatic rings. The van der Waals surface area contributed by atoms with Gasteiger partial charge in [-0.15, -0.1) is 0 Å². The minimum atomic E-state index is -0.380. The standard InChI is InChI=1S/C19H21NO5/c1-13-7-5-10-19(25-14(2)21)16(13)12-24-20-11-15-17(22-3)8-6-9-18(15)23-4/h5-11H,12H2,1-4H3/b20-11+. The first kappa shape index (κ1) is 18.3. The average molecular weight is 343 g/mol. The number of hydrogen-bond acceptors (Lipinski definition) is 6. The van der Waals surface area contributed by atoms with Crippen molar-refractivity contribution < 1.29 is 23.8 Å². The van der Waals surface area contributed by atoms with E-state index in [2.05, 4.69) is 5.16 Å². The van der Waals surface area contributed by atoms with Crippen molar-refractivity contribution in [3.05, 3.63) is 53.1 Å². The van der Waals surface area contributed by atoms with Gasteiger partial charge >= 0.3 is 5.97 Å². The molecule has 0 unspecified atom stereocenters. The highest BCUT2D eigenvalue weighted by Gasteiger charge is 2.10. The molecule has 0 aromatic heterocycles. The summed E-state index contributed by atoms with van der Waals surface area (Å²) in [6.45, 7) is 3.45. The van der Waals surface area contributed by atoms with Gasteiger partial charge in [0.1, 0.15) is 23.9 Å². The Hall–Kier alpha value is -3.02. The van der Waals surface area contributed by atoms with Crippen molar-refractivity contribution in [2.24, 2.45) is 5.16 Å². The van der Waals surface area contributed by atoms with E-state index < -0.39 is 0 Å². The summed E-state index contributed by atoms with van der Waals surface area (Å²) in [5, 5.41) is 3.99. The minimum Gasteiger partial charge on any atom is -0.496 e. The Balaban J connectivity index is 2.14. The lowest BCUT2D eigenvalue weighted by Crippen LogP contribution is -2.05. The molecule has 0 saturated carbocycles. The van der Waals surface area contributed by atoms with Crippen LogP contribution in [-0.2, 0) is 16.2 Å². The summed E-state index contributed by atoms with van der Waals surface area (Å²) in [4.78, 5) is 16.6. The van der Waals surface area contributed by atoms with Crippen molar-refractivity contribution in [2.45, 2.75) is 20.5 Å². The molecule has 132 valence electrons. The third kappa shape index (κ3) is 4.73. The molecule has 0 heterocycles. The number of ether oxygens (including phenoxy) is 3. The Morgan fingerprint density at radius 2 is 1.64 bits per heavy atom. The van der Waals surface area contributed by atoms with Crippen molar-refractivity contribution in [1.29, 1.82) is 0 Å². The zero-order valence-corrected chi connectivity index (χ0v) is 14.7. The molecule has 2 aromatic carbocycles. The van der Waals surface area contributed by atoms with Gasteiger partial charge in [-0.2, -0.15) is 0 Å². The van der Waals surface area contributed by atoms with E-state index in [9.17, 15) is 4.79 Å². The number of hydrogen-bond donors (Lipinski definition) is 0. The van der Waals surface area contributed by atoms with E-state index in [-0.39, 0.29) is 12.6 Å². The van der Waals surface area contributed by atoms with Crippen molar-refractivity contribution in [3.8, 4) is 17.2 Å². The molecule has 6 heteroatoms. The first-order valence-corrected chi connectivity index (χ1v) is 7.70. The number of rotatable bonds is 7. The molecule has 25 heavy (non-hydrogen) atoms. The number of carbonyl (C=O) groups excluding carboxylic acids is 1. The molecule has 6 nitrogen and oxygen atoms in total.